The first-order valence-corrected chi connectivity index (χ1v) is 7.93. The van der Waals surface area contributed by atoms with Gasteiger partial charge in [-0.2, -0.15) is 0 Å². The Kier molecular flexibility index (Phi) is 8.28. The van der Waals surface area contributed by atoms with Crippen LogP contribution in [0.15, 0.2) is 24.3 Å². The smallest absolute Gasteiger partial charge is 0.220 e. The average Bonchev–Trinajstić information content (AvgIpc) is 2.86. The molecule has 1 aliphatic carbocycles. The van der Waals surface area contributed by atoms with Crippen molar-refractivity contribution in [1.82, 2.24) is 5.32 Å². The number of amides is 1. The highest BCUT2D eigenvalue weighted by atomic mass is 35.5. The molecule has 0 saturated heterocycles. The first-order valence-electron chi connectivity index (χ1n) is 7.93. The summed E-state index contributed by atoms with van der Waals surface area (Å²) in [5, 5.41) is 3.00. The van der Waals surface area contributed by atoms with Gasteiger partial charge in [-0.15, -0.1) is 12.4 Å². The van der Waals surface area contributed by atoms with Crippen molar-refractivity contribution >= 4 is 18.3 Å². The number of para-hydroxylation sites is 1. The molecule has 0 unspecified atom stereocenters. The van der Waals surface area contributed by atoms with E-state index in [1.54, 1.807) is 0 Å². The van der Waals surface area contributed by atoms with E-state index in [0.717, 1.165) is 37.0 Å². The van der Waals surface area contributed by atoms with E-state index >= 15 is 0 Å². The van der Waals surface area contributed by atoms with Crippen LogP contribution in [0.3, 0.4) is 0 Å². The van der Waals surface area contributed by atoms with Crippen molar-refractivity contribution in [3.63, 3.8) is 0 Å². The Hall–Kier alpha value is -1.26. The first kappa shape index (κ1) is 18.8. The van der Waals surface area contributed by atoms with Crippen LogP contribution in [-0.2, 0) is 11.2 Å². The Balaban J connectivity index is 0.00000242. The summed E-state index contributed by atoms with van der Waals surface area (Å²) in [6.07, 6.45) is 4.65. The van der Waals surface area contributed by atoms with Gasteiger partial charge in [-0.25, -0.2) is 0 Å². The quantitative estimate of drug-likeness (QED) is 0.809. The van der Waals surface area contributed by atoms with Gasteiger partial charge in [-0.05, 0) is 43.7 Å². The second kappa shape index (κ2) is 9.70. The molecule has 4 nitrogen and oxygen atoms in total. The molecule has 5 heteroatoms. The fraction of sp³-hybridized carbons (Fsp3) is 0.588. The SMILES string of the molecule is CCOc1ccccc1CCNC(=O)C[C@@H]1CCC[C@H]1N.Cl. The van der Waals surface area contributed by atoms with Gasteiger partial charge in [0.1, 0.15) is 5.75 Å². The Morgan fingerprint density at radius 1 is 1.36 bits per heavy atom. The van der Waals surface area contributed by atoms with Gasteiger partial charge in [-0.1, -0.05) is 24.6 Å². The first-order chi connectivity index (χ1) is 10.2. The number of benzene rings is 1. The van der Waals surface area contributed by atoms with E-state index in [-0.39, 0.29) is 24.4 Å². The van der Waals surface area contributed by atoms with Crippen molar-refractivity contribution in [2.45, 2.75) is 45.1 Å². The molecule has 1 aromatic rings. The highest BCUT2D eigenvalue weighted by molar-refractivity contribution is 5.85. The summed E-state index contributed by atoms with van der Waals surface area (Å²) in [5.41, 5.74) is 7.14. The number of carbonyl (C=O) groups is 1. The zero-order chi connectivity index (χ0) is 15.1. The highest BCUT2D eigenvalue weighted by Crippen LogP contribution is 2.26. The van der Waals surface area contributed by atoms with Crippen molar-refractivity contribution in [3.8, 4) is 5.75 Å². The van der Waals surface area contributed by atoms with Gasteiger partial charge >= 0.3 is 0 Å². The van der Waals surface area contributed by atoms with Gasteiger partial charge in [0.05, 0.1) is 6.61 Å². The molecule has 0 aliphatic heterocycles. The maximum atomic E-state index is 11.9. The molecule has 1 amide bonds. The van der Waals surface area contributed by atoms with Gasteiger partial charge in [0.2, 0.25) is 5.91 Å². The number of rotatable bonds is 7. The summed E-state index contributed by atoms with van der Waals surface area (Å²) in [7, 11) is 0. The van der Waals surface area contributed by atoms with Crippen LogP contribution in [0, 0.1) is 5.92 Å². The minimum absolute atomic E-state index is 0. The largest absolute Gasteiger partial charge is 0.494 e. The highest BCUT2D eigenvalue weighted by Gasteiger charge is 2.25. The van der Waals surface area contributed by atoms with E-state index in [1.807, 2.05) is 31.2 Å². The molecule has 0 heterocycles. The summed E-state index contributed by atoms with van der Waals surface area (Å²) in [4.78, 5) is 11.9. The Morgan fingerprint density at radius 3 is 2.82 bits per heavy atom. The lowest BCUT2D eigenvalue weighted by Gasteiger charge is -2.15. The van der Waals surface area contributed by atoms with Gasteiger partial charge in [0.15, 0.2) is 0 Å². The molecule has 0 spiro atoms. The predicted octanol–water partition coefficient (Wildman–Crippen LogP) is 2.68. The van der Waals surface area contributed by atoms with Gasteiger partial charge in [-0.3, -0.25) is 4.79 Å². The van der Waals surface area contributed by atoms with Crippen molar-refractivity contribution in [2.75, 3.05) is 13.2 Å². The zero-order valence-electron chi connectivity index (χ0n) is 13.2. The molecule has 22 heavy (non-hydrogen) atoms. The van der Waals surface area contributed by atoms with Crippen LogP contribution < -0.4 is 15.8 Å². The second-order valence-corrected chi connectivity index (χ2v) is 5.70. The van der Waals surface area contributed by atoms with Crippen molar-refractivity contribution < 1.29 is 9.53 Å². The maximum Gasteiger partial charge on any atom is 0.220 e. The minimum atomic E-state index is 0. The minimum Gasteiger partial charge on any atom is -0.494 e. The third-order valence-corrected chi connectivity index (χ3v) is 4.15. The molecule has 124 valence electrons. The van der Waals surface area contributed by atoms with E-state index in [4.69, 9.17) is 10.5 Å². The fourth-order valence-corrected chi connectivity index (χ4v) is 2.97. The third kappa shape index (κ3) is 5.50. The molecular formula is C17H27ClN2O2. The van der Waals surface area contributed by atoms with Gasteiger partial charge < -0.3 is 15.8 Å². The van der Waals surface area contributed by atoms with Gasteiger partial charge in [0.25, 0.3) is 0 Å². The van der Waals surface area contributed by atoms with Crippen LogP contribution in [0.4, 0.5) is 0 Å². The number of nitrogens with one attached hydrogen (secondary N) is 1. The van der Waals surface area contributed by atoms with Crippen molar-refractivity contribution in [1.29, 1.82) is 0 Å². The summed E-state index contributed by atoms with van der Waals surface area (Å²) >= 11 is 0. The van der Waals surface area contributed by atoms with Crippen molar-refractivity contribution in [2.24, 2.45) is 11.7 Å². The lowest BCUT2D eigenvalue weighted by atomic mass is 10.00. The standard InChI is InChI=1S/C17H26N2O2.ClH/c1-2-21-16-9-4-3-6-13(16)10-11-19-17(20)12-14-7-5-8-15(14)18;/h3-4,6,9,14-15H,2,5,7-8,10-12,18H2,1H3,(H,19,20);1H/t14-,15+;/m0./s1. The number of nitrogens with two attached hydrogens (primary N) is 1. The normalized spacial score (nSPS) is 20.3. The van der Waals surface area contributed by atoms with E-state index in [9.17, 15) is 4.79 Å². The Morgan fingerprint density at radius 2 is 2.14 bits per heavy atom. The maximum absolute atomic E-state index is 11.9. The molecule has 1 saturated carbocycles. The van der Waals surface area contributed by atoms with Crippen LogP contribution >= 0.6 is 12.4 Å². The van der Waals surface area contributed by atoms with Crippen LogP contribution in [0.2, 0.25) is 0 Å². The number of ether oxygens (including phenoxy) is 1. The molecule has 2 atom stereocenters. The topological polar surface area (TPSA) is 64.3 Å². The summed E-state index contributed by atoms with van der Waals surface area (Å²) < 4.78 is 5.59. The molecule has 1 aromatic carbocycles. The second-order valence-electron chi connectivity index (χ2n) is 5.70. The number of halogens is 1. The number of hydrogen-bond donors (Lipinski definition) is 2. The lowest BCUT2D eigenvalue weighted by Crippen LogP contribution is -2.32. The Labute approximate surface area is 139 Å². The number of hydrogen-bond acceptors (Lipinski definition) is 3. The monoisotopic (exact) mass is 326 g/mol. The molecular weight excluding hydrogens is 300 g/mol. The molecule has 3 N–H and O–H groups in total. The average molecular weight is 327 g/mol. The van der Waals surface area contributed by atoms with Crippen LogP contribution in [0.5, 0.6) is 5.75 Å². The molecule has 1 aliphatic rings. The summed E-state index contributed by atoms with van der Waals surface area (Å²) in [5.74, 6) is 1.39. The summed E-state index contributed by atoms with van der Waals surface area (Å²) in [6.45, 7) is 3.28. The predicted molar refractivity (Wildman–Crippen MR) is 91.5 cm³/mol. The fourth-order valence-electron chi connectivity index (χ4n) is 2.97. The molecule has 0 radical (unpaired) electrons. The third-order valence-electron chi connectivity index (χ3n) is 4.15. The van der Waals surface area contributed by atoms with E-state index in [1.165, 1.54) is 0 Å². The van der Waals surface area contributed by atoms with Crippen LogP contribution in [-0.4, -0.2) is 25.1 Å². The van der Waals surface area contributed by atoms with Crippen LogP contribution in [0.25, 0.3) is 0 Å². The molecule has 1 fully saturated rings. The van der Waals surface area contributed by atoms with E-state index < -0.39 is 0 Å². The van der Waals surface area contributed by atoms with Crippen LogP contribution in [0.1, 0.15) is 38.2 Å². The lowest BCUT2D eigenvalue weighted by molar-refractivity contribution is -0.122. The molecule has 2 rings (SSSR count). The Bertz CT molecular complexity index is 468. The van der Waals surface area contributed by atoms with E-state index in [2.05, 4.69) is 5.32 Å². The molecule has 0 bridgehead atoms. The van der Waals surface area contributed by atoms with Crippen molar-refractivity contribution in [3.05, 3.63) is 29.8 Å². The van der Waals surface area contributed by atoms with Gasteiger partial charge in [0, 0.05) is 19.0 Å². The zero-order valence-corrected chi connectivity index (χ0v) is 14.0. The molecule has 0 aromatic heterocycles. The summed E-state index contributed by atoms with van der Waals surface area (Å²) in [6, 6.07) is 8.18. The van der Waals surface area contributed by atoms with E-state index in [0.29, 0.717) is 25.5 Å². The number of carbonyl (C=O) groups excluding carboxylic acids is 1.